The van der Waals surface area contributed by atoms with Crippen LogP contribution in [0.2, 0.25) is 0 Å². The summed E-state index contributed by atoms with van der Waals surface area (Å²) in [7, 11) is 0. The summed E-state index contributed by atoms with van der Waals surface area (Å²) in [4.78, 5) is 23.0. The molecule has 6 heteroatoms. The number of carbonyl (C=O) groups is 2. The molecule has 0 saturated carbocycles. The summed E-state index contributed by atoms with van der Waals surface area (Å²) in [6.45, 7) is 12.4. The van der Waals surface area contributed by atoms with E-state index in [1.807, 2.05) is 12.1 Å². The number of benzene rings is 3. The molecular weight excluding hydrogens is 466 g/mol. The summed E-state index contributed by atoms with van der Waals surface area (Å²) in [5.41, 5.74) is 7.32. The molecule has 0 saturated heterocycles. The molecule has 0 aromatic heterocycles. The third kappa shape index (κ3) is 6.98. The number of aryl methyl sites for hydroxylation is 2. The third-order valence-corrected chi connectivity index (χ3v) is 6.48. The van der Waals surface area contributed by atoms with Crippen molar-refractivity contribution in [2.24, 2.45) is 5.92 Å². The average molecular weight is 504 g/mol. The molecule has 1 amide bonds. The zero-order valence-corrected chi connectivity index (χ0v) is 22.4. The fraction of sp³-hybridized carbons (Fsp3) is 0.355. The van der Waals surface area contributed by atoms with Crippen LogP contribution in [-0.2, 0) is 4.79 Å². The topological polar surface area (TPSA) is 95.9 Å². The SMILES string of the molecule is Cc1cc(OC(c2ccc(C(=O)NC[C@@H](O)C(=O)O)cc2)C(C)C)cc(C)c1-c1ccc(C(C)C)cc1. The smallest absolute Gasteiger partial charge is 0.334 e. The van der Waals surface area contributed by atoms with Gasteiger partial charge in [-0.2, -0.15) is 0 Å². The van der Waals surface area contributed by atoms with E-state index in [0.29, 0.717) is 11.5 Å². The van der Waals surface area contributed by atoms with E-state index >= 15 is 0 Å². The number of carbonyl (C=O) groups excluding carboxylic acids is 1. The highest BCUT2D eigenvalue weighted by atomic mass is 16.5. The fourth-order valence-electron chi connectivity index (χ4n) is 4.42. The van der Waals surface area contributed by atoms with Crippen LogP contribution in [0.5, 0.6) is 5.75 Å². The van der Waals surface area contributed by atoms with Crippen LogP contribution in [0.15, 0.2) is 60.7 Å². The number of nitrogens with one attached hydrogen (secondary N) is 1. The summed E-state index contributed by atoms with van der Waals surface area (Å²) >= 11 is 0. The molecule has 0 bridgehead atoms. The lowest BCUT2D eigenvalue weighted by Crippen LogP contribution is -2.36. The van der Waals surface area contributed by atoms with E-state index in [0.717, 1.165) is 22.4 Å². The summed E-state index contributed by atoms with van der Waals surface area (Å²) in [5.74, 6) is -0.365. The molecule has 2 atom stereocenters. The Balaban J connectivity index is 1.78. The van der Waals surface area contributed by atoms with Gasteiger partial charge in [0, 0.05) is 5.56 Å². The first-order valence-electron chi connectivity index (χ1n) is 12.6. The van der Waals surface area contributed by atoms with E-state index in [1.54, 1.807) is 12.1 Å². The van der Waals surface area contributed by atoms with Crippen LogP contribution in [0.4, 0.5) is 0 Å². The molecule has 37 heavy (non-hydrogen) atoms. The minimum atomic E-state index is -1.64. The molecule has 0 spiro atoms. The van der Waals surface area contributed by atoms with Crippen LogP contribution in [0.25, 0.3) is 11.1 Å². The molecule has 196 valence electrons. The van der Waals surface area contributed by atoms with Crippen molar-refractivity contribution in [3.63, 3.8) is 0 Å². The second-order valence-electron chi connectivity index (χ2n) is 10.2. The number of hydrogen-bond acceptors (Lipinski definition) is 4. The van der Waals surface area contributed by atoms with E-state index in [1.165, 1.54) is 16.7 Å². The summed E-state index contributed by atoms with van der Waals surface area (Å²) in [6, 6.07) is 19.9. The minimum Gasteiger partial charge on any atom is -0.485 e. The Kier molecular flexibility index (Phi) is 9.11. The van der Waals surface area contributed by atoms with E-state index in [4.69, 9.17) is 9.84 Å². The number of hydrogen-bond donors (Lipinski definition) is 3. The highest BCUT2D eigenvalue weighted by Gasteiger charge is 2.20. The number of aliphatic hydroxyl groups excluding tert-OH is 1. The Morgan fingerprint density at radius 1 is 0.865 bits per heavy atom. The fourth-order valence-corrected chi connectivity index (χ4v) is 4.42. The molecule has 3 aromatic rings. The number of rotatable bonds is 10. The van der Waals surface area contributed by atoms with Crippen molar-refractivity contribution in [1.29, 1.82) is 0 Å². The molecule has 3 N–H and O–H groups in total. The highest BCUT2D eigenvalue weighted by Crippen LogP contribution is 2.35. The molecule has 0 aliphatic carbocycles. The van der Waals surface area contributed by atoms with Gasteiger partial charge in [0.1, 0.15) is 11.9 Å². The molecule has 0 fully saturated rings. The van der Waals surface area contributed by atoms with Crippen molar-refractivity contribution >= 4 is 11.9 Å². The minimum absolute atomic E-state index is 0.175. The second kappa shape index (κ2) is 12.1. The van der Waals surface area contributed by atoms with Crippen molar-refractivity contribution in [1.82, 2.24) is 5.32 Å². The molecule has 0 heterocycles. The second-order valence-corrected chi connectivity index (χ2v) is 10.2. The summed E-state index contributed by atoms with van der Waals surface area (Å²) in [5, 5.41) is 20.5. The van der Waals surface area contributed by atoms with E-state index in [9.17, 15) is 14.7 Å². The number of carboxylic acids is 1. The zero-order valence-electron chi connectivity index (χ0n) is 22.4. The molecule has 3 rings (SSSR count). The van der Waals surface area contributed by atoms with Crippen molar-refractivity contribution in [3.05, 3.63) is 88.5 Å². The predicted octanol–water partition coefficient (Wildman–Crippen LogP) is 6.05. The van der Waals surface area contributed by atoms with Crippen molar-refractivity contribution in [2.45, 2.75) is 59.7 Å². The van der Waals surface area contributed by atoms with Gasteiger partial charge in [-0.15, -0.1) is 0 Å². The van der Waals surface area contributed by atoms with Gasteiger partial charge in [-0.25, -0.2) is 4.79 Å². The van der Waals surface area contributed by atoms with Gasteiger partial charge in [0.25, 0.3) is 5.91 Å². The lowest BCUT2D eigenvalue weighted by molar-refractivity contribution is -0.146. The van der Waals surface area contributed by atoms with Crippen LogP contribution in [-0.4, -0.2) is 34.7 Å². The number of aliphatic hydroxyl groups is 1. The first-order chi connectivity index (χ1) is 17.5. The lowest BCUT2D eigenvalue weighted by Gasteiger charge is -2.24. The van der Waals surface area contributed by atoms with Gasteiger partial charge in [-0.1, -0.05) is 64.1 Å². The highest BCUT2D eigenvalue weighted by molar-refractivity contribution is 5.94. The van der Waals surface area contributed by atoms with Crippen molar-refractivity contribution in [3.8, 4) is 16.9 Å². The van der Waals surface area contributed by atoms with Gasteiger partial charge in [-0.3, -0.25) is 4.79 Å². The first-order valence-corrected chi connectivity index (χ1v) is 12.6. The molecule has 0 radical (unpaired) electrons. The Morgan fingerprint density at radius 3 is 1.89 bits per heavy atom. The largest absolute Gasteiger partial charge is 0.485 e. The monoisotopic (exact) mass is 503 g/mol. The van der Waals surface area contributed by atoms with Crippen LogP contribution in [0.1, 0.15) is 72.3 Å². The standard InChI is InChI=1S/C31H37NO5/c1-18(2)22-7-9-23(10-8-22)28-20(5)15-26(16-21(28)6)37-29(19(3)4)24-11-13-25(14-12-24)30(34)32-17-27(33)31(35)36/h7-16,18-19,27,29,33H,17H2,1-6H3,(H,32,34)(H,35,36)/t27-,29?/m1/s1. The van der Waals surface area contributed by atoms with Crippen LogP contribution in [0, 0.1) is 19.8 Å². The zero-order chi connectivity index (χ0) is 27.3. The molecule has 6 nitrogen and oxygen atoms in total. The van der Waals surface area contributed by atoms with Gasteiger partial charge in [-0.05, 0) is 83.3 Å². The van der Waals surface area contributed by atoms with Crippen molar-refractivity contribution in [2.75, 3.05) is 6.54 Å². The number of carboxylic acid groups (broad SMARTS) is 1. The Morgan fingerprint density at radius 2 is 1.41 bits per heavy atom. The Hall–Kier alpha value is -3.64. The average Bonchev–Trinajstić information content (AvgIpc) is 2.85. The Labute approximate surface area is 219 Å². The maximum absolute atomic E-state index is 12.3. The molecular formula is C31H37NO5. The van der Waals surface area contributed by atoms with Gasteiger partial charge >= 0.3 is 5.97 Å². The van der Waals surface area contributed by atoms with Crippen LogP contribution < -0.4 is 10.1 Å². The van der Waals surface area contributed by atoms with Gasteiger partial charge < -0.3 is 20.3 Å². The van der Waals surface area contributed by atoms with Gasteiger partial charge in [0.15, 0.2) is 6.10 Å². The third-order valence-electron chi connectivity index (χ3n) is 6.48. The maximum Gasteiger partial charge on any atom is 0.334 e. The number of amides is 1. The Bertz CT molecular complexity index is 1210. The number of ether oxygens (including phenoxy) is 1. The lowest BCUT2D eigenvalue weighted by atomic mass is 9.93. The van der Waals surface area contributed by atoms with E-state index < -0.39 is 18.0 Å². The number of aliphatic carboxylic acids is 1. The molecule has 3 aromatic carbocycles. The molecule has 0 aliphatic heterocycles. The summed E-state index contributed by atoms with van der Waals surface area (Å²) in [6.07, 6.45) is -1.86. The van der Waals surface area contributed by atoms with Crippen LogP contribution >= 0.6 is 0 Å². The normalized spacial score (nSPS) is 12.9. The molecule has 0 aliphatic rings. The first kappa shape index (κ1) is 27.9. The van der Waals surface area contributed by atoms with Gasteiger partial charge in [0.05, 0.1) is 6.54 Å². The van der Waals surface area contributed by atoms with Crippen molar-refractivity contribution < 1.29 is 24.5 Å². The van der Waals surface area contributed by atoms with Crippen LogP contribution in [0.3, 0.4) is 0 Å². The van der Waals surface area contributed by atoms with Gasteiger partial charge in [0.2, 0.25) is 0 Å². The van der Waals surface area contributed by atoms with E-state index in [2.05, 4.69) is 83.3 Å². The quantitative estimate of drug-likeness (QED) is 0.313. The summed E-state index contributed by atoms with van der Waals surface area (Å²) < 4.78 is 6.47. The molecule has 1 unspecified atom stereocenters. The predicted molar refractivity (Wildman–Crippen MR) is 146 cm³/mol. The van der Waals surface area contributed by atoms with E-state index in [-0.39, 0.29) is 18.6 Å². The maximum atomic E-state index is 12.3.